The van der Waals surface area contributed by atoms with Crippen molar-refractivity contribution in [1.82, 2.24) is 9.80 Å². The number of nitrogens with zero attached hydrogens (tertiary/aromatic N) is 2. The van der Waals surface area contributed by atoms with E-state index in [2.05, 4.69) is 11.8 Å². The molecule has 0 saturated carbocycles. The number of piperidine rings is 1. The van der Waals surface area contributed by atoms with Gasteiger partial charge in [0, 0.05) is 48.7 Å². The minimum Gasteiger partial charge on any atom is -0.341 e. The Morgan fingerprint density at radius 2 is 2.05 bits per heavy atom. The van der Waals surface area contributed by atoms with E-state index in [1.807, 2.05) is 0 Å². The predicted octanol–water partition coefficient (Wildman–Crippen LogP) is 1.67. The summed E-state index contributed by atoms with van der Waals surface area (Å²) in [5.74, 6) is -0.188. The Kier molecular flexibility index (Phi) is 5.91. The molecule has 2 heterocycles. The molecule has 2 aliphatic heterocycles. The summed E-state index contributed by atoms with van der Waals surface area (Å²) < 4.78 is 22.2. The zero-order chi connectivity index (χ0) is 15.5. The van der Waals surface area contributed by atoms with Crippen molar-refractivity contribution >= 4 is 25.6 Å². The zero-order valence-corrected chi connectivity index (χ0v) is 14.2. The molecule has 2 aliphatic rings. The second kappa shape index (κ2) is 7.29. The molecular weight excluding hydrogens is 312 g/mol. The van der Waals surface area contributed by atoms with Crippen molar-refractivity contribution in [2.24, 2.45) is 5.92 Å². The quantitative estimate of drug-likeness (QED) is 0.692. The molecule has 2 atom stereocenters. The van der Waals surface area contributed by atoms with Crippen LogP contribution in [0.3, 0.4) is 0 Å². The number of carbonyl (C=O) groups is 1. The molecule has 0 bridgehead atoms. The Balaban J connectivity index is 1.81. The van der Waals surface area contributed by atoms with Crippen molar-refractivity contribution in [3.63, 3.8) is 0 Å². The Bertz CT molecular complexity index is 469. The molecule has 122 valence electrons. The molecular formula is C14H25ClN2O3S. The SMILES string of the molecule is CCC1CCCCN1CCN1CC(CS(=O)(=O)Cl)CC1=O. The van der Waals surface area contributed by atoms with Gasteiger partial charge in [-0.05, 0) is 25.8 Å². The van der Waals surface area contributed by atoms with Crippen LogP contribution in [0.25, 0.3) is 0 Å². The Morgan fingerprint density at radius 1 is 1.29 bits per heavy atom. The maximum atomic E-state index is 12.0. The van der Waals surface area contributed by atoms with Gasteiger partial charge in [-0.3, -0.25) is 9.69 Å². The molecule has 0 radical (unpaired) electrons. The van der Waals surface area contributed by atoms with Gasteiger partial charge in [0.25, 0.3) is 0 Å². The van der Waals surface area contributed by atoms with E-state index in [1.54, 1.807) is 4.90 Å². The van der Waals surface area contributed by atoms with Crippen LogP contribution >= 0.6 is 10.7 Å². The van der Waals surface area contributed by atoms with E-state index >= 15 is 0 Å². The van der Waals surface area contributed by atoms with E-state index in [9.17, 15) is 13.2 Å². The van der Waals surface area contributed by atoms with E-state index in [0.717, 1.165) is 19.5 Å². The molecule has 0 aromatic rings. The number of carbonyl (C=O) groups excluding carboxylic acids is 1. The molecule has 1 amide bonds. The highest BCUT2D eigenvalue weighted by molar-refractivity contribution is 8.13. The highest BCUT2D eigenvalue weighted by atomic mass is 35.7. The van der Waals surface area contributed by atoms with E-state index in [-0.39, 0.29) is 17.6 Å². The van der Waals surface area contributed by atoms with Crippen LogP contribution in [0, 0.1) is 5.92 Å². The highest BCUT2D eigenvalue weighted by Gasteiger charge is 2.32. The minimum atomic E-state index is -3.52. The van der Waals surface area contributed by atoms with Crippen molar-refractivity contribution in [3.8, 4) is 0 Å². The average Bonchev–Trinajstić information content (AvgIpc) is 2.74. The van der Waals surface area contributed by atoms with Gasteiger partial charge in [0.2, 0.25) is 15.0 Å². The van der Waals surface area contributed by atoms with Gasteiger partial charge in [-0.2, -0.15) is 0 Å². The summed E-state index contributed by atoms with van der Waals surface area (Å²) in [4.78, 5) is 16.2. The third-order valence-electron chi connectivity index (χ3n) is 4.61. The maximum Gasteiger partial charge on any atom is 0.232 e. The first-order valence-corrected chi connectivity index (χ1v) is 10.3. The monoisotopic (exact) mass is 336 g/mol. The third-order valence-corrected chi connectivity index (χ3v) is 5.85. The summed E-state index contributed by atoms with van der Waals surface area (Å²) in [5, 5.41) is 0. The molecule has 0 aromatic heterocycles. The lowest BCUT2D eigenvalue weighted by Crippen LogP contribution is -2.44. The van der Waals surface area contributed by atoms with E-state index in [1.165, 1.54) is 19.3 Å². The van der Waals surface area contributed by atoms with Gasteiger partial charge in [-0.15, -0.1) is 0 Å². The molecule has 5 nitrogen and oxygen atoms in total. The summed E-state index contributed by atoms with van der Waals surface area (Å²) in [6.45, 7) is 5.44. The molecule has 2 rings (SSSR count). The van der Waals surface area contributed by atoms with Crippen molar-refractivity contribution in [1.29, 1.82) is 0 Å². The number of halogens is 1. The van der Waals surface area contributed by atoms with Crippen LogP contribution in [-0.4, -0.2) is 62.1 Å². The summed E-state index contributed by atoms with van der Waals surface area (Å²) >= 11 is 0. The maximum absolute atomic E-state index is 12.0. The van der Waals surface area contributed by atoms with Crippen molar-refractivity contribution < 1.29 is 13.2 Å². The van der Waals surface area contributed by atoms with Crippen molar-refractivity contribution in [3.05, 3.63) is 0 Å². The summed E-state index contributed by atoms with van der Waals surface area (Å²) in [6.07, 6.45) is 5.24. The lowest BCUT2D eigenvalue weighted by Gasteiger charge is -2.36. The van der Waals surface area contributed by atoms with Crippen molar-refractivity contribution in [2.45, 2.75) is 45.1 Å². The first kappa shape index (κ1) is 17.0. The van der Waals surface area contributed by atoms with E-state index in [4.69, 9.17) is 10.7 Å². The molecule has 0 spiro atoms. The van der Waals surface area contributed by atoms with Crippen LogP contribution in [0.4, 0.5) is 0 Å². The Morgan fingerprint density at radius 3 is 2.71 bits per heavy atom. The molecule has 0 N–H and O–H groups in total. The van der Waals surface area contributed by atoms with Gasteiger partial charge in [0.1, 0.15) is 0 Å². The second-order valence-corrected chi connectivity index (χ2v) is 9.03. The number of amides is 1. The fraction of sp³-hybridized carbons (Fsp3) is 0.929. The molecule has 21 heavy (non-hydrogen) atoms. The number of hydrogen-bond donors (Lipinski definition) is 0. The van der Waals surface area contributed by atoms with Crippen molar-refractivity contribution in [2.75, 3.05) is 31.9 Å². The smallest absolute Gasteiger partial charge is 0.232 e. The van der Waals surface area contributed by atoms with Crippen LogP contribution in [-0.2, 0) is 13.8 Å². The normalized spacial score (nSPS) is 28.3. The molecule has 0 aromatic carbocycles. The van der Waals surface area contributed by atoms with Crippen LogP contribution in [0.15, 0.2) is 0 Å². The van der Waals surface area contributed by atoms with Crippen LogP contribution in [0.1, 0.15) is 39.0 Å². The number of hydrogen-bond acceptors (Lipinski definition) is 4. The van der Waals surface area contributed by atoms with Gasteiger partial charge in [-0.25, -0.2) is 8.42 Å². The van der Waals surface area contributed by atoms with Gasteiger partial charge in [0.05, 0.1) is 5.75 Å². The topological polar surface area (TPSA) is 57.7 Å². The van der Waals surface area contributed by atoms with Crippen LogP contribution in [0.2, 0.25) is 0 Å². The molecule has 2 unspecified atom stereocenters. The molecule has 7 heteroatoms. The first-order valence-electron chi connectivity index (χ1n) is 7.83. The van der Waals surface area contributed by atoms with Gasteiger partial charge in [0.15, 0.2) is 0 Å². The third kappa shape index (κ3) is 5.11. The van der Waals surface area contributed by atoms with E-state index < -0.39 is 9.05 Å². The largest absolute Gasteiger partial charge is 0.341 e. The van der Waals surface area contributed by atoms with Gasteiger partial charge in [-0.1, -0.05) is 13.3 Å². The lowest BCUT2D eigenvalue weighted by atomic mass is 10.0. The summed E-state index contributed by atoms with van der Waals surface area (Å²) in [7, 11) is 1.76. The fourth-order valence-corrected chi connectivity index (χ4v) is 4.85. The van der Waals surface area contributed by atoms with Crippen LogP contribution < -0.4 is 0 Å². The predicted molar refractivity (Wildman–Crippen MR) is 83.8 cm³/mol. The summed E-state index contributed by atoms with van der Waals surface area (Å²) in [6, 6.07) is 0.635. The average molecular weight is 337 g/mol. The van der Waals surface area contributed by atoms with Gasteiger partial charge < -0.3 is 4.90 Å². The van der Waals surface area contributed by atoms with Gasteiger partial charge >= 0.3 is 0 Å². The Labute approximate surface area is 132 Å². The van der Waals surface area contributed by atoms with Crippen LogP contribution in [0.5, 0.6) is 0 Å². The zero-order valence-electron chi connectivity index (χ0n) is 12.6. The standard InChI is InChI=1S/C14H25ClN2O3S/c1-2-13-5-3-4-6-16(13)7-8-17-10-12(9-14(17)18)11-21(15,19)20/h12-13H,2-11H2,1H3. The molecule has 0 aliphatic carbocycles. The first-order chi connectivity index (χ1) is 9.89. The molecule has 2 fully saturated rings. The lowest BCUT2D eigenvalue weighted by molar-refractivity contribution is -0.128. The van der Waals surface area contributed by atoms with E-state index in [0.29, 0.717) is 25.6 Å². The Hall–Kier alpha value is -0.330. The fourth-order valence-electron chi connectivity index (χ4n) is 3.53. The summed E-state index contributed by atoms with van der Waals surface area (Å²) in [5.41, 5.74) is 0. The number of rotatable bonds is 6. The second-order valence-electron chi connectivity index (χ2n) is 6.21. The highest BCUT2D eigenvalue weighted by Crippen LogP contribution is 2.22. The molecule has 2 saturated heterocycles. The minimum absolute atomic E-state index is 0.0605. The number of likely N-dealkylation sites (tertiary alicyclic amines) is 2.